The van der Waals surface area contributed by atoms with Gasteiger partial charge in [-0.25, -0.2) is 13.6 Å². The molecule has 0 aliphatic rings. The van der Waals surface area contributed by atoms with Crippen LogP contribution in [0.4, 0.5) is 8.78 Å². The fraction of sp³-hybridized carbons (Fsp3) is 0.250. The van der Waals surface area contributed by atoms with E-state index in [0.717, 1.165) is 12.3 Å². The molecule has 0 fully saturated rings. The number of ether oxygens (including phenoxy) is 1. The van der Waals surface area contributed by atoms with Crippen LogP contribution in [0.1, 0.15) is 22.5 Å². The van der Waals surface area contributed by atoms with Gasteiger partial charge >= 0.3 is 5.97 Å². The molecule has 0 amide bonds. The number of pyridine rings is 1. The van der Waals surface area contributed by atoms with Crippen molar-refractivity contribution in [3.05, 3.63) is 28.0 Å². The predicted molar refractivity (Wildman–Crippen MR) is 48.2 cm³/mol. The van der Waals surface area contributed by atoms with Gasteiger partial charge in [0.05, 0.1) is 12.7 Å². The number of carbonyl (C=O) groups is 1. The Morgan fingerprint density at radius 1 is 1.64 bits per heavy atom. The van der Waals surface area contributed by atoms with Crippen LogP contribution >= 0.6 is 15.9 Å². The lowest BCUT2D eigenvalue weighted by molar-refractivity contribution is 0.0598. The minimum absolute atomic E-state index is 0.122. The van der Waals surface area contributed by atoms with Gasteiger partial charge in [0.15, 0.2) is 0 Å². The largest absolute Gasteiger partial charge is 0.465 e. The number of methoxy groups -OCH3 is 1. The van der Waals surface area contributed by atoms with Crippen LogP contribution in [0.5, 0.6) is 0 Å². The molecule has 6 heteroatoms. The summed E-state index contributed by atoms with van der Waals surface area (Å²) in [5.41, 5.74) is -0.263. The SMILES string of the molecule is COC(=O)c1cnc(C(F)F)cc1Br. The maximum atomic E-state index is 12.2. The molecular formula is C8H6BrF2NO2. The summed E-state index contributed by atoms with van der Waals surface area (Å²) in [6, 6.07) is 1.09. The summed E-state index contributed by atoms with van der Waals surface area (Å²) in [6.07, 6.45) is -1.60. The highest BCUT2D eigenvalue weighted by atomic mass is 79.9. The Bertz CT molecular complexity index is 357. The third kappa shape index (κ3) is 2.25. The number of esters is 1. The summed E-state index contributed by atoms with van der Waals surface area (Å²) in [7, 11) is 1.20. The highest BCUT2D eigenvalue weighted by Gasteiger charge is 2.15. The lowest BCUT2D eigenvalue weighted by atomic mass is 10.2. The standard InChI is InChI=1S/C8H6BrF2NO2/c1-14-8(13)4-3-12-6(7(10)11)2-5(4)9/h2-3,7H,1H3. The Hall–Kier alpha value is -1.04. The molecule has 0 spiro atoms. The summed E-state index contributed by atoms with van der Waals surface area (Å²) in [6.45, 7) is 0. The van der Waals surface area contributed by atoms with E-state index >= 15 is 0 Å². The van der Waals surface area contributed by atoms with E-state index in [-0.39, 0.29) is 15.7 Å². The molecule has 1 rings (SSSR count). The van der Waals surface area contributed by atoms with Gasteiger partial charge in [-0.15, -0.1) is 0 Å². The molecule has 14 heavy (non-hydrogen) atoms. The molecule has 0 aliphatic heterocycles. The van der Waals surface area contributed by atoms with Crippen molar-refractivity contribution in [2.75, 3.05) is 7.11 Å². The Morgan fingerprint density at radius 2 is 2.29 bits per heavy atom. The molecule has 0 aromatic carbocycles. The molecule has 0 atom stereocenters. The van der Waals surface area contributed by atoms with Crippen LogP contribution in [0.25, 0.3) is 0 Å². The van der Waals surface area contributed by atoms with Crippen molar-refractivity contribution in [3.8, 4) is 0 Å². The molecule has 3 nitrogen and oxygen atoms in total. The second-order valence-electron chi connectivity index (χ2n) is 2.38. The Morgan fingerprint density at radius 3 is 2.71 bits per heavy atom. The lowest BCUT2D eigenvalue weighted by Gasteiger charge is -2.03. The van der Waals surface area contributed by atoms with Gasteiger partial charge < -0.3 is 4.74 Å². The molecule has 0 unspecified atom stereocenters. The van der Waals surface area contributed by atoms with Crippen LogP contribution < -0.4 is 0 Å². The van der Waals surface area contributed by atoms with Crippen LogP contribution in [0, 0.1) is 0 Å². The quantitative estimate of drug-likeness (QED) is 0.772. The first kappa shape index (κ1) is 11.0. The molecule has 1 heterocycles. The molecule has 0 saturated carbocycles. The number of aromatic nitrogens is 1. The molecule has 0 saturated heterocycles. The first-order valence-electron chi connectivity index (χ1n) is 3.58. The average molecular weight is 266 g/mol. The van der Waals surface area contributed by atoms with Crippen molar-refractivity contribution in [1.29, 1.82) is 0 Å². The van der Waals surface area contributed by atoms with E-state index in [2.05, 4.69) is 25.7 Å². The minimum Gasteiger partial charge on any atom is -0.465 e. The van der Waals surface area contributed by atoms with Gasteiger partial charge in [-0.2, -0.15) is 0 Å². The second-order valence-corrected chi connectivity index (χ2v) is 3.24. The van der Waals surface area contributed by atoms with E-state index in [1.54, 1.807) is 0 Å². The summed E-state index contributed by atoms with van der Waals surface area (Å²) in [5.74, 6) is -0.620. The lowest BCUT2D eigenvalue weighted by Crippen LogP contribution is -2.04. The topological polar surface area (TPSA) is 39.2 Å². The number of hydrogen-bond donors (Lipinski definition) is 0. The third-order valence-electron chi connectivity index (χ3n) is 1.50. The van der Waals surface area contributed by atoms with Crippen molar-refractivity contribution in [3.63, 3.8) is 0 Å². The van der Waals surface area contributed by atoms with Gasteiger partial charge in [0.1, 0.15) is 5.69 Å². The van der Waals surface area contributed by atoms with Gasteiger partial charge in [0, 0.05) is 10.7 Å². The molecular weight excluding hydrogens is 260 g/mol. The van der Waals surface area contributed by atoms with Gasteiger partial charge in [0.25, 0.3) is 6.43 Å². The maximum absolute atomic E-state index is 12.2. The van der Waals surface area contributed by atoms with Crippen LogP contribution in [0.3, 0.4) is 0 Å². The maximum Gasteiger partial charge on any atom is 0.340 e. The highest BCUT2D eigenvalue weighted by molar-refractivity contribution is 9.10. The van der Waals surface area contributed by atoms with Crippen LogP contribution in [-0.4, -0.2) is 18.1 Å². The fourth-order valence-electron chi connectivity index (χ4n) is 0.825. The van der Waals surface area contributed by atoms with Gasteiger partial charge in [0.2, 0.25) is 0 Å². The Balaban J connectivity index is 3.07. The van der Waals surface area contributed by atoms with Crippen molar-refractivity contribution in [2.45, 2.75) is 6.43 Å². The molecule has 76 valence electrons. The van der Waals surface area contributed by atoms with Crippen LogP contribution in [0.15, 0.2) is 16.7 Å². The van der Waals surface area contributed by atoms with E-state index < -0.39 is 12.4 Å². The van der Waals surface area contributed by atoms with Crippen LogP contribution in [0.2, 0.25) is 0 Å². The first-order valence-corrected chi connectivity index (χ1v) is 4.37. The van der Waals surface area contributed by atoms with Crippen molar-refractivity contribution < 1.29 is 18.3 Å². The summed E-state index contributed by atoms with van der Waals surface area (Å²) in [5, 5.41) is 0. The Kier molecular flexibility index (Phi) is 3.51. The number of halogens is 3. The highest BCUT2D eigenvalue weighted by Crippen LogP contribution is 2.23. The van der Waals surface area contributed by atoms with Crippen molar-refractivity contribution in [1.82, 2.24) is 4.98 Å². The van der Waals surface area contributed by atoms with E-state index in [0.29, 0.717) is 0 Å². The zero-order valence-corrected chi connectivity index (χ0v) is 8.72. The molecule has 0 radical (unpaired) electrons. The second kappa shape index (κ2) is 4.45. The third-order valence-corrected chi connectivity index (χ3v) is 2.16. The number of alkyl halides is 2. The van der Waals surface area contributed by atoms with Gasteiger partial charge in [-0.1, -0.05) is 0 Å². The number of hydrogen-bond acceptors (Lipinski definition) is 3. The minimum atomic E-state index is -2.65. The molecule has 0 aliphatic carbocycles. The molecule has 1 aromatic heterocycles. The molecule has 0 N–H and O–H groups in total. The van der Waals surface area contributed by atoms with Gasteiger partial charge in [-0.3, -0.25) is 4.98 Å². The van der Waals surface area contributed by atoms with Crippen molar-refractivity contribution >= 4 is 21.9 Å². The summed E-state index contributed by atoms with van der Waals surface area (Å²) >= 11 is 2.98. The van der Waals surface area contributed by atoms with Crippen molar-refractivity contribution in [2.24, 2.45) is 0 Å². The van der Waals surface area contributed by atoms with E-state index in [1.165, 1.54) is 7.11 Å². The monoisotopic (exact) mass is 265 g/mol. The average Bonchev–Trinajstić information content (AvgIpc) is 2.16. The molecule has 0 bridgehead atoms. The van der Waals surface area contributed by atoms with E-state index in [9.17, 15) is 13.6 Å². The van der Waals surface area contributed by atoms with E-state index in [1.807, 2.05) is 0 Å². The summed E-state index contributed by atoms with van der Waals surface area (Å²) < 4.78 is 29.0. The fourth-order valence-corrected chi connectivity index (χ4v) is 1.32. The smallest absolute Gasteiger partial charge is 0.340 e. The zero-order valence-electron chi connectivity index (χ0n) is 7.13. The number of rotatable bonds is 2. The summed E-state index contributed by atoms with van der Waals surface area (Å²) in [4.78, 5) is 14.5. The zero-order chi connectivity index (χ0) is 10.7. The molecule has 1 aromatic rings. The predicted octanol–water partition coefficient (Wildman–Crippen LogP) is 2.57. The normalized spacial score (nSPS) is 10.4. The first-order chi connectivity index (χ1) is 6.56. The van der Waals surface area contributed by atoms with Gasteiger partial charge in [-0.05, 0) is 22.0 Å². The van der Waals surface area contributed by atoms with E-state index in [4.69, 9.17) is 0 Å². The Labute approximate surface area is 87.2 Å². The number of nitrogens with zero attached hydrogens (tertiary/aromatic N) is 1. The van der Waals surface area contributed by atoms with Crippen LogP contribution in [-0.2, 0) is 4.74 Å². The number of carbonyl (C=O) groups excluding carboxylic acids is 1.